The maximum absolute atomic E-state index is 12.2. The number of rotatable bonds is 2. The maximum atomic E-state index is 12.2. The Morgan fingerprint density at radius 2 is 2.00 bits per heavy atom. The number of nitriles is 1. The van der Waals surface area contributed by atoms with Crippen molar-refractivity contribution in [2.75, 3.05) is 18.4 Å². The average Bonchev–Trinajstić information content (AvgIpc) is 3.05. The van der Waals surface area contributed by atoms with E-state index in [2.05, 4.69) is 21.6 Å². The second-order valence-corrected chi connectivity index (χ2v) is 8.15. The molecule has 8 heteroatoms. The Hall–Kier alpha value is -2.07. The Kier molecular flexibility index (Phi) is 4.74. The summed E-state index contributed by atoms with van der Waals surface area (Å²) in [7, 11) is 0. The van der Waals surface area contributed by atoms with Crippen LogP contribution in [0.2, 0.25) is 5.15 Å². The normalized spacial score (nSPS) is 25.4. The van der Waals surface area contributed by atoms with E-state index in [1.165, 1.54) is 6.07 Å². The molecule has 25 heavy (non-hydrogen) atoms. The number of hydrogen-bond donors (Lipinski definition) is 1. The minimum absolute atomic E-state index is 0.207. The molecule has 1 saturated heterocycles. The summed E-state index contributed by atoms with van der Waals surface area (Å²) in [6, 6.07) is 3.82. The molecule has 1 aromatic rings. The lowest BCUT2D eigenvalue weighted by molar-refractivity contribution is 0.0280. The number of halogens is 1. The number of hydrogen-bond acceptors (Lipinski definition) is 6. The first kappa shape index (κ1) is 17.7. The second kappa shape index (κ2) is 6.68. The van der Waals surface area contributed by atoms with Crippen LogP contribution in [0, 0.1) is 23.2 Å². The molecule has 3 atom stereocenters. The van der Waals surface area contributed by atoms with Gasteiger partial charge in [-0.25, -0.2) is 4.79 Å². The third kappa shape index (κ3) is 4.13. The van der Waals surface area contributed by atoms with Gasteiger partial charge in [-0.2, -0.15) is 5.26 Å². The highest BCUT2D eigenvalue weighted by molar-refractivity contribution is 6.29. The lowest BCUT2D eigenvalue weighted by Gasteiger charge is -2.25. The average molecular weight is 364 g/mol. The zero-order chi connectivity index (χ0) is 18.2. The van der Waals surface area contributed by atoms with Crippen molar-refractivity contribution in [3.8, 4) is 6.07 Å². The van der Waals surface area contributed by atoms with Gasteiger partial charge in [-0.3, -0.25) is 0 Å². The molecule has 0 bridgehead atoms. The lowest BCUT2D eigenvalue weighted by Crippen LogP contribution is -2.36. The Bertz CT molecular complexity index is 698. The van der Waals surface area contributed by atoms with Gasteiger partial charge in [-0.1, -0.05) is 11.6 Å². The Morgan fingerprint density at radius 1 is 1.36 bits per heavy atom. The van der Waals surface area contributed by atoms with E-state index in [9.17, 15) is 10.1 Å². The van der Waals surface area contributed by atoms with Gasteiger partial charge in [0.25, 0.3) is 0 Å². The van der Waals surface area contributed by atoms with Gasteiger partial charge in [0, 0.05) is 19.1 Å². The van der Waals surface area contributed by atoms with E-state index in [1.807, 2.05) is 20.8 Å². The molecule has 2 fully saturated rings. The number of likely N-dealkylation sites (tertiary alicyclic amines) is 1. The molecule has 2 heterocycles. The zero-order valence-corrected chi connectivity index (χ0v) is 15.4. The molecule has 1 amide bonds. The molecule has 1 aromatic heterocycles. The summed E-state index contributed by atoms with van der Waals surface area (Å²) >= 11 is 5.78. The first-order valence-corrected chi connectivity index (χ1v) is 8.81. The van der Waals surface area contributed by atoms with E-state index >= 15 is 0 Å². The van der Waals surface area contributed by atoms with Gasteiger partial charge in [0.15, 0.2) is 11.0 Å². The predicted octanol–water partition coefficient (Wildman–Crippen LogP) is 3.06. The molecule has 0 aromatic carbocycles. The van der Waals surface area contributed by atoms with Crippen molar-refractivity contribution in [1.29, 1.82) is 5.26 Å². The standard InChI is InChI=1S/C17H22ClN5O2/c1-17(2,3)25-16(24)23-8-11-4-13(5-12(11)9-23)20-15-10(7-19)6-14(18)21-22-15/h6,11-13H,4-5,8-9H2,1-3H3,(H,20,22)/t11-,12+,13?. The van der Waals surface area contributed by atoms with E-state index in [4.69, 9.17) is 16.3 Å². The van der Waals surface area contributed by atoms with Crippen LogP contribution in [0.5, 0.6) is 0 Å². The van der Waals surface area contributed by atoms with Crippen molar-refractivity contribution in [2.24, 2.45) is 11.8 Å². The number of aromatic nitrogens is 2. The molecule has 0 spiro atoms. The smallest absolute Gasteiger partial charge is 0.410 e. The number of anilines is 1. The van der Waals surface area contributed by atoms with Gasteiger partial charge in [0.1, 0.15) is 11.7 Å². The molecule has 1 aliphatic carbocycles. The van der Waals surface area contributed by atoms with E-state index in [-0.39, 0.29) is 17.3 Å². The molecular formula is C17H22ClN5O2. The Balaban J connectivity index is 1.57. The molecule has 3 rings (SSSR count). The van der Waals surface area contributed by atoms with Gasteiger partial charge < -0.3 is 15.0 Å². The largest absolute Gasteiger partial charge is 0.444 e. The summed E-state index contributed by atoms with van der Waals surface area (Å²) in [6.07, 6.45) is 1.62. The topological polar surface area (TPSA) is 91.1 Å². The van der Waals surface area contributed by atoms with Gasteiger partial charge in [0.05, 0.1) is 5.56 Å². The van der Waals surface area contributed by atoms with Gasteiger partial charge >= 0.3 is 6.09 Å². The van der Waals surface area contributed by atoms with Crippen molar-refractivity contribution in [3.63, 3.8) is 0 Å². The Labute approximate surface area is 152 Å². The fraction of sp³-hybridized carbons (Fsp3) is 0.647. The number of carbonyl (C=O) groups is 1. The van der Waals surface area contributed by atoms with Gasteiger partial charge in [0.2, 0.25) is 0 Å². The molecule has 1 unspecified atom stereocenters. The summed E-state index contributed by atoms with van der Waals surface area (Å²) in [4.78, 5) is 14.0. The number of amides is 1. The highest BCUT2D eigenvalue weighted by atomic mass is 35.5. The molecule has 7 nitrogen and oxygen atoms in total. The van der Waals surface area contributed by atoms with E-state index in [1.54, 1.807) is 4.90 Å². The minimum atomic E-state index is -0.472. The highest BCUT2D eigenvalue weighted by Gasteiger charge is 2.43. The first-order chi connectivity index (χ1) is 11.7. The van der Waals surface area contributed by atoms with Crippen LogP contribution < -0.4 is 5.32 Å². The predicted molar refractivity (Wildman–Crippen MR) is 93.2 cm³/mol. The van der Waals surface area contributed by atoms with Gasteiger partial charge in [-0.05, 0) is 51.5 Å². The maximum Gasteiger partial charge on any atom is 0.410 e. The quantitative estimate of drug-likeness (QED) is 0.868. The lowest BCUT2D eigenvalue weighted by atomic mass is 10.0. The molecular weight excluding hydrogens is 342 g/mol. The number of carbonyl (C=O) groups excluding carboxylic acids is 1. The molecule has 134 valence electrons. The molecule has 2 aliphatic rings. The number of ether oxygens (including phenoxy) is 1. The van der Waals surface area contributed by atoms with Crippen LogP contribution in [-0.4, -0.2) is 45.9 Å². The second-order valence-electron chi connectivity index (χ2n) is 7.76. The van der Waals surface area contributed by atoms with Crippen LogP contribution in [0.4, 0.5) is 10.6 Å². The highest BCUT2D eigenvalue weighted by Crippen LogP contribution is 2.39. The third-order valence-electron chi connectivity index (χ3n) is 4.63. The van der Waals surface area contributed by atoms with E-state index in [0.29, 0.717) is 23.2 Å². The van der Waals surface area contributed by atoms with Crippen LogP contribution in [0.25, 0.3) is 0 Å². The van der Waals surface area contributed by atoms with Crippen LogP contribution in [-0.2, 0) is 4.74 Å². The summed E-state index contributed by atoms with van der Waals surface area (Å²) in [5, 5.41) is 20.5. The van der Waals surface area contributed by atoms with Crippen molar-refractivity contribution in [3.05, 3.63) is 16.8 Å². The summed E-state index contributed by atoms with van der Waals surface area (Å²) in [6.45, 7) is 7.06. The van der Waals surface area contributed by atoms with E-state index in [0.717, 1.165) is 25.9 Å². The molecule has 0 radical (unpaired) electrons. The SMILES string of the molecule is CC(C)(C)OC(=O)N1C[C@H]2CC(Nc3nnc(Cl)cc3C#N)C[C@H]2C1. The summed E-state index contributed by atoms with van der Waals surface area (Å²) < 4.78 is 5.46. The van der Waals surface area contributed by atoms with Crippen LogP contribution in [0.1, 0.15) is 39.2 Å². The van der Waals surface area contributed by atoms with E-state index < -0.39 is 5.60 Å². The number of fused-ring (bicyclic) bond motifs is 1. The van der Waals surface area contributed by atoms with Crippen LogP contribution in [0.15, 0.2) is 6.07 Å². The third-order valence-corrected chi connectivity index (χ3v) is 4.81. The van der Waals surface area contributed by atoms with Crippen LogP contribution >= 0.6 is 11.6 Å². The monoisotopic (exact) mass is 363 g/mol. The van der Waals surface area contributed by atoms with Crippen molar-refractivity contribution < 1.29 is 9.53 Å². The fourth-order valence-corrected chi connectivity index (χ4v) is 3.79. The van der Waals surface area contributed by atoms with Crippen LogP contribution in [0.3, 0.4) is 0 Å². The summed E-state index contributed by atoms with van der Waals surface area (Å²) in [5.74, 6) is 1.35. The van der Waals surface area contributed by atoms with Crippen molar-refractivity contribution in [1.82, 2.24) is 15.1 Å². The first-order valence-electron chi connectivity index (χ1n) is 8.43. The number of nitrogens with zero attached hydrogens (tertiary/aromatic N) is 4. The molecule has 1 aliphatic heterocycles. The Morgan fingerprint density at radius 3 is 2.56 bits per heavy atom. The minimum Gasteiger partial charge on any atom is -0.444 e. The molecule has 1 N–H and O–H groups in total. The number of nitrogens with one attached hydrogen (secondary N) is 1. The summed E-state index contributed by atoms with van der Waals surface area (Å²) in [5.41, 5.74) is -0.0766. The van der Waals surface area contributed by atoms with Crippen molar-refractivity contribution in [2.45, 2.75) is 45.3 Å². The van der Waals surface area contributed by atoms with Gasteiger partial charge in [-0.15, -0.1) is 10.2 Å². The molecule has 1 saturated carbocycles. The van der Waals surface area contributed by atoms with Crippen molar-refractivity contribution >= 4 is 23.5 Å². The zero-order valence-electron chi connectivity index (χ0n) is 14.6. The fourth-order valence-electron chi connectivity index (χ4n) is 3.65.